The molecule has 0 fully saturated rings. The lowest BCUT2D eigenvalue weighted by Gasteiger charge is -2.06. The van der Waals surface area contributed by atoms with Gasteiger partial charge < -0.3 is 5.11 Å². The summed E-state index contributed by atoms with van der Waals surface area (Å²) in [7, 11) is 0. The number of rotatable bonds is 3. The van der Waals surface area contributed by atoms with E-state index in [1.807, 2.05) is 13.8 Å². The lowest BCUT2D eigenvalue weighted by molar-refractivity contribution is 0.0697. The highest BCUT2D eigenvalue weighted by Gasteiger charge is 2.14. The van der Waals surface area contributed by atoms with E-state index in [9.17, 15) is 9.59 Å². The zero-order chi connectivity index (χ0) is 15.1. The average molecular weight is 288 g/mol. The number of aromatic nitrogens is 6. The molecule has 0 unspecified atom stereocenters. The second kappa shape index (κ2) is 4.54. The molecule has 0 aliphatic rings. The monoisotopic (exact) mass is 288 g/mol. The Labute approximate surface area is 117 Å². The van der Waals surface area contributed by atoms with Crippen LogP contribution in [0, 0.1) is 0 Å². The van der Waals surface area contributed by atoms with E-state index in [1.54, 1.807) is 4.68 Å². The van der Waals surface area contributed by atoms with E-state index >= 15 is 0 Å². The first-order valence-electron chi connectivity index (χ1n) is 6.23. The maximum Gasteiger partial charge on any atom is 0.338 e. The number of carbonyl (C=O) groups is 1. The van der Waals surface area contributed by atoms with E-state index < -0.39 is 5.97 Å². The third-order valence-corrected chi connectivity index (χ3v) is 2.98. The molecule has 2 N–H and O–H groups in total. The van der Waals surface area contributed by atoms with Gasteiger partial charge in [-0.25, -0.2) is 14.5 Å². The predicted octanol–water partition coefficient (Wildman–Crippen LogP) is 0.584. The van der Waals surface area contributed by atoms with Crippen molar-refractivity contribution in [1.82, 2.24) is 29.5 Å². The molecule has 0 aliphatic carbocycles. The predicted molar refractivity (Wildman–Crippen MR) is 72.6 cm³/mol. The van der Waals surface area contributed by atoms with Gasteiger partial charge in [0.05, 0.1) is 18.0 Å². The molecule has 3 aromatic rings. The summed E-state index contributed by atoms with van der Waals surface area (Å²) < 4.78 is 2.79. The number of aromatic carboxylic acids is 1. The molecule has 9 heteroatoms. The van der Waals surface area contributed by atoms with Crippen LogP contribution in [0.1, 0.15) is 30.2 Å². The van der Waals surface area contributed by atoms with Crippen LogP contribution in [0.5, 0.6) is 0 Å². The summed E-state index contributed by atoms with van der Waals surface area (Å²) in [5.41, 5.74) is 0.457. The normalized spacial score (nSPS) is 11.4. The van der Waals surface area contributed by atoms with E-state index in [0.29, 0.717) is 11.0 Å². The molecule has 0 aliphatic heterocycles. The van der Waals surface area contributed by atoms with Gasteiger partial charge in [0.2, 0.25) is 5.95 Å². The number of nitrogens with one attached hydrogen (secondary N) is 1. The Morgan fingerprint density at radius 3 is 2.71 bits per heavy atom. The van der Waals surface area contributed by atoms with Gasteiger partial charge in [0, 0.05) is 12.2 Å². The van der Waals surface area contributed by atoms with Gasteiger partial charge in [0.15, 0.2) is 5.52 Å². The van der Waals surface area contributed by atoms with Crippen molar-refractivity contribution < 1.29 is 9.90 Å². The zero-order valence-corrected chi connectivity index (χ0v) is 11.3. The third kappa shape index (κ3) is 2.08. The first-order valence-corrected chi connectivity index (χ1v) is 6.23. The van der Waals surface area contributed by atoms with Crippen LogP contribution in [-0.2, 0) is 0 Å². The molecule has 0 saturated heterocycles. The second-order valence-electron chi connectivity index (χ2n) is 4.79. The quantitative estimate of drug-likeness (QED) is 0.727. The van der Waals surface area contributed by atoms with E-state index in [1.165, 1.54) is 23.3 Å². The lowest BCUT2D eigenvalue weighted by Crippen LogP contribution is -2.17. The highest BCUT2D eigenvalue weighted by molar-refractivity contribution is 5.87. The molecule has 0 aromatic carbocycles. The Kier molecular flexibility index (Phi) is 2.82. The van der Waals surface area contributed by atoms with Gasteiger partial charge in [-0.2, -0.15) is 10.2 Å². The molecule has 0 saturated carbocycles. The summed E-state index contributed by atoms with van der Waals surface area (Å²) in [6, 6.07) is 0.0274. The number of aromatic amines is 1. The third-order valence-electron chi connectivity index (χ3n) is 2.98. The van der Waals surface area contributed by atoms with Crippen molar-refractivity contribution in [2.75, 3.05) is 0 Å². The summed E-state index contributed by atoms with van der Waals surface area (Å²) >= 11 is 0. The largest absolute Gasteiger partial charge is 0.478 e. The van der Waals surface area contributed by atoms with Crippen molar-refractivity contribution in [3.63, 3.8) is 0 Å². The SMILES string of the molecule is CC(C)n1ncc2nc(-n3cc(C(=O)O)cn3)[nH]c(=O)c21. The van der Waals surface area contributed by atoms with Crippen molar-refractivity contribution in [3.8, 4) is 5.95 Å². The van der Waals surface area contributed by atoms with E-state index in [-0.39, 0.29) is 23.1 Å². The Morgan fingerprint density at radius 2 is 2.10 bits per heavy atom. The number of fused-ring (bicyclic) bond motifs is 1. The molecular weight excluding hydrogens is 276 g/mol. The minimum Gasteiger partial charge on any atom is -0.478 e. The van der Waals surface area contributed by atoms with E-state index in [0.717, 1.165) is 0 Å². The highest BCUT2D eigenvalue weighted by atomic mass is 16.4. The molecule has 21 heavy (non-hydrogen) atoms. The van der Waals surface area contributed by atoms with Gasteiger partial charge >= 0.3 is 5.97 Å². The Hall–Kier alpha value is -2.97. The summed E-state index contributed by atoms with van der Waals surface area (Å²) in [6.07, 6.45) is 3.96. The number of nitrogens with zero attached hydrogens (tertiary/aromatic N) is 5. The topological polar surface area (TPSA) is 119 Å². The Morgan fingerprint density at radius 1 is 1.33 bits per heavy atom. The van der Waals surface area contributed by atoms with Crippen LogP contribution in [0.3, 0.4) is 0 Å². The minimum atomic E-state index is -1.10. The number of hydrogen-bond acceptors (Lipinski definition) is 5. The minimum absolute atomic E-state index is 0.00983. The van der Waals surface area contributed by atoms with Crippen LogP contribution in [0.2, 0.25) is 0 Å². The standard InChI is InChI=1S/C12H12N6O3/c1-6(2)18-9-8(4-14-18)15-12(16-10(9)19)17-5-7(3-13-17)11(20)21/h3-6H,1-2H3,(H,20,21)(H,15,16,19). The summed E-state index contributed by atoms with van der Waals surface area (Å²) in [6.45, 7) is 3.82. The van der Waals surface area contributed by atoms with Crippen LogP contribution in [0.15, 0.2) is 23.4 Å². The molecule has 3 heterocycles. The first-order chi connectivity index (χ1) is 9.97. The van der Waals surface area contributed by atoms with Crippen molar-refractivity contribution in [1.29, 1.82) is 0 Å². The van der Waals surface area contributed by atoms with Crippen molar-refractivity contribution in [2.24, 2.45) is 0 Å². The van der Waals surface area contributed by atoms with Crippen LogP contribution in [0.4, 0.5) is 0 Å². The molecule has 3 rings (SSSR count). The number of carboxylic acid groups (broad SMARTS) is 1. The number of hydrogen-bond donors (Lipinski definition) is 2. The van der Waals surface area contributed by atoms with Crippen molar-refractivity contribution in [2.45, 2.75) is 19.9 Å². The Bertz CT molecular complexity index is 888. The van der Waals surface area contributed by atoms with Crippen LogP contribution < -0.4 is 5.56 Å². The van der Waals surface area contributed by atoms with Gasteiger partial charge in [-0.3, -0.25) is 14.5 Å². The number of H-pyrrole nitrogens is 1. The Balaban J connectivity index is 2.17. The molecule has 0 bridgehead atoms. The molecule has 0 spiro atoms. The average Bonchev–Trinajstić information content (AvgIpc) is 3.05. The molecular formula is C12H12N6O3. The van der Waals surface area contributed by atoms with Gasteiger partial charge in [-0.15, -0.1) is 0 Å². The van der Waals surface area contributed by atoms with Gasteiger partial charge in [-0.05, 0) is 13.8 Å². The van der Waals surface area contributed by atoms with E-state index in [2.05, 4.69) is 20.2 Å². The molecule has 0 radical (unpaired) electrons. The zero-order valence-electron chi connectivity index (χ0n) is 11.3. The summed E-state index contributed by atoms with van der Waals surface area (Å²) in [4.78, 5) is 29.9. The molecule has 0 amide bonds. The van der Waals surface area contributed by atoms with Crippen LogP contribution in [0.25, 0.3) is 17.0 Å². The first kappa shape index (κ1) is 13.0. The van der Waals surface area contributed by atoms with Gasteiger partial charge in [0.1, 0.15) is 5.52 Å². The van der Waals surface area contributed by atoms with Crippen molar-refractivity contribution >= 4 is 17.0 Å². The summed E-state index contributed by atoms with van der Waals surface area (Å²) in [5, 5.41) is 16.9. The maximum absolute atomic E-state index is 12.2. The summed E-state index contributed by atoms with van der Waals surface area (Å²) in [5.74, 6) is -0.958. The molecule has 0 atom stereocenters. The lowest BCUT2D eigenvalue weighted by atomic mass is 10.4. The fourth-order valence-electron chi connectivity index (χ4n) is 2.01. The molecule has 9 nitrogen and oxygen atoms in total. The van der Waals surface area contributed by atoms with E-state index in [4.69, 9.17) is 5.11 Å². The van der Waals surface area contributed by atoms with Gasteiger partial charge in [-0.1, -0.05) is 0 Å². The maximum atomic E-state index is 12.2. The number of carboxylic acids is 1. The van der Waals surface area contributed by atoms with Crippen molar-refractivity contribution in [3.05, 3.63) is 34.5 Å². The fourth-order valence-corrected chi connectivity index (χ4v) is 2.01. The molecule has 108 valence electrons. The molecule has 3 aromatic heterocycles. The van der Waals surface area contributed by atoms with Gasteiger partial charge in [0.25, 0.3) is 5.56 Å². The van der Waals surface area contributed by atoms with Crippen LogP contribution >= 0.6 is 0 Å². The fraction of sp³-hybridized carbons (Fsp3) is 0.250. The van der Waals surface area contributed by atoms with Crippen LogP contribution in [-0.4, -0.2) is 40.6 Å². The smallest absolute Gasteiger partial charge is 0.338 e. The highest BCUT2D eigenvalue weighted by Crippen LogP contribution is 2.13. The second-order valence-corrected chi connectivity index (χ2v) is 4.79.